The molecule has 2 N–H and O–H groups in total. The number of hydrogen-bond acceptors (Lipinski definition) is 4. The summed E-state index contributed by atoms with van der Waals surface area (Å²) in [5.74, 6) is 7.10. The zero-order chi connectivity index (χ0) is 14.2. The fourth-order valence-corrected chi connectivity index (χ4v) is 1.65. The summed E-state index contributed by atoms with van der Waals surface area (Å²) in [5, 5.41) is 0. The van der Waals surface area contributed by atoms with Crippen LogP contribution in [0.25, 0.3) is 0 Å². The molecule has 4 heteroatoms. The van der Waals surface area contributed by atoms with Crippen molar-refractivity contribution in [3.05, 3.63) is 53.7 Å². The van der Waals surface area contributed by atoms with Crippen LogP contribution < -0.4 is 15.2 Å². The summed E-state index contributed by atoms with van der Waals surface area (Å²) in [6.07, 6.45) is 0. The van der Waals surface area contributed by atoms with Crippen molar-refractivity contribution in [2.24, 2.45) is 5.73 Å². The van der Waals surface area contributed by atoms with E-state index in [2.05, 4.69) is 16.8 Å². The molecule has 20 heavy (non-hydrogen) atoms. The van der Waals surface area contributed by atoms with Crippen LogP contribution in [-0.2, 0) is 6.61 Å². The summed E-state index contributed by atoms with van der Waals surface area (Å²) >= 11 is 0. The average molecular weight is 268 g/mol. The van der Waals surface area contributed by atoms with Gasteiger partial charge in [0.05, 0.1) is 24.9 Å². The maximum atomic E-state index is 5.76. The number of rotatable bonds is 4. The Kier molecular flexibility index (Phi) is 4.99. The van der Waals surface area contributed by atoms with Gasteiger partial charge in [-0.15, -0.1) is 0 Å². The van der Waals surface area contributed by atoms with Crippen molar-refractivity contribution in [3.8, 4) is 23.5 Å². The SMILES string of the molecule is COc1cccc(COc2ccccc2C#CCN)n1. The van der Waals surface area contributed by atoms with E-state index >= 15 is 0 Å². The van der Waals surface area contributed by atoms with Crippen LogP contribution in [0.4, 0.5) is 0 Å². The Morgan fingerprint density at radius 1 is 1.15 bits per heavy atom. The number of ether oxygens (including phenoxy) is 2. The molecule has 0 saturated carbocycles. The van der Waals surface area contributed by atoms with E-state index in [4.69, 9.17) is 15.2 Å². The van der Waals surface area contributed by atoms with E-state index < -0.39 is 0 Å². The highest BCUT2D eigenvalue weighted by molar-refractivity contribution is 5.46. The van der Waals surface area contributed by atoms with Crippen molar-refractivity contribution in [1.29, 1.82) is 0 Å². The minimum Gasteiger partial charge on any atom is -0.486 e. The summed E-state index contributed by atoms with van der Waals surface area (Å²) in [7, 11) is 1.59. The Hall–Kier alpha value is -2.51. The second kappa shape index (κ2) is 7.17. The molecule has 102 valence electrons. The number of aromatic nitrogens is 1. The molecule has 0 amide bonds. The fourth-order valence-electron chi connectivity index (χ4n) is 1.65. The predicted molar refractivity (Wildman–Crippen MR) is 77.5 cm³/mol. The lowest BCUT2D eigenvalue weighted by Crippen LogP contribution is -2.01. The van der Waals surface area contributed by atoms with Crippen molar-refractivity contribution < 1.29 is 9.47 Å². The molecule has 0 spiro atoms. The predicted octanol–water partition coefficient (Wildman–Crippen LogP) is 1.98. The maximum absolute atomic E-state index is 5.76. The first-order valence-electron chi connectivity index (χ1n) is 6.24. The number of hydrogen-bond donors (Lipinski definition) is 1. The Labute approximate surface area is 118 Å². The summed E-state index contributed by atoms with van der Waals surface area (Å²) in [5.41, 5.74) is 7.00. The number of nitrogens with two attached hydrogens (primary N) is 1. The van der Waals surface area contributed by atoms with Gasteiger partial charge in [-0.1, -0.05) is 30.0 Å². The summed E-state index contributed by atoms with van der Waals surface area (Å²) in [4.78, 5) is 4.29. The third kappa shape index (κ3) is 3.74. The van der Waals surface area contributed by atoms with Gasteiger partial charge in [0.1, 0.15) is 12.4 Å². The van der Waals surface area contributed by atoms with E-state index in [1.54, 1.807) is 13.2 Å². The highest BCUT2D eigenvalue weighted by Crippen LogP contribution is 2.18. The molecule has 4 nitrogen and oxygen atoms in total. The average Bonchev–Trinajstić information content (AvgIpc) is 2.52. The second-order valence-electron chi connectivity index (χ2n) is 3.96. The minimum absolute atomic E-state index is 0.325. The van der Waals surface area contributed by atoms with Gasteiger partial charge < -0.3 is 15.2 Å². The molecule has 1 heterocycles. The van der Waals surface area contributed by atoms with E-state index in [1.807, 2.05) is 36.4 Å². The van der Waals surface area contributed by atoms with E-state index in [0.29, 0.717) is 19.0 Å². The minimum atomic E-state index is 0.325. The molecule has 0 bridgehead atoms. The molecule has 1 aromatic heterocycles. The third-order valence-electron chi connectivity index (χ3n) is 2.58. The van der Waals surface area contributed by atoms with Crippen LogP contribution in [0.5, 0.6) is 11.6 Å². The first kappa shape index (κ1) is 13.9. The van der Waals surface area contributed by atoms with E-state index in [-0.39, 0.29) is 0 Å². The van der Waals surface area contributed by atoms with Gasteiger partial charge in [0.2, 0.25) is 5.88 Å². The van der Waals surface area contributed by atoms with Crippen LogP contribution in [-0.4, -0.2) is 18.6 Å². The number of benzene rings is 1. The zero-order valence-electron chi connectivity index (χ0n) is 11.3. The van der Waals surface area contributed by atoms with Gasteiger partial charge in [0, 0.05) is 6.07 Å². The number of methoxy groups -OCH3 is 1. The number of para-hydroxylation sites is 1. The molecule has 0 aliphatic carbocycles. The molecule has 1 aromatic carbocycles. The van der Waals surface area contributed by atoms with Gasteiger partial charge in [0.15, 0.2) is 0 Å². The molecule has 0 aliphatic rings. The molecular weight excluding hydrogens is 252 g/mol. The maximum Gasteiger partial charge on any atom is 0.213 e. The van der Waals surface area contributed by atoms with Crippen molar-refractivity contribution in [1.82, 2.24) is 4.98 Å². The van der Waals surface area contributed by atoms with Crippen LogP contribution in [0.15, 0.2) is 42.5 Å². The third-order valence-corrected chi connectivity index (χ3v) is 2.58. The molecular formula is C16H16N2O2. The van der Waals surface area contributed by atoms with Crippen LogP contribution >= 0.6 is 0 Å². The van der Waals surface area contributed by atoms with Crippen molar-refractivity contribution in [2.75, 3.05) is 13.7 Å². The van der Waals surface area contributed by atoms with Crippen molar-refractivity contribution in [3.63, 3.8) is 0 Å². The monoisotopic (exact) mass is 268 g/mol. The topological polar surface area (TPSA) is 57.4 Å². The van der Waals surface area contributed by atoms with Crippen molar-refractivity contribution >= 4 is 0 Å². The zero-order valence-corrected chi connectivity index (χ0v) is 11.3. The summed E-state index contributed by atoms with van der Waals surface area (Å²) in [6.45, 7) is 0.685. The lowest BCUT2D eigenvalue weighted by molar-refractivity contribution is 0.297. The second-order valence-corrected chi connectivity index (χ2v) is 3.96. The van der Waals surface area contributed by atoms with Gasteiger partial charge in [-0.25, -0.2) is 4.98 Å². The standard InChI is InChI=1S/C16H16N2O2/c1-19-16-10-4-8-14(18-16)12-20-15-9-3-2-6-13(15)7-5-11-17/h2-4,6,8-10H,11-12,17H2,1H3. The van der Waals surface area contributed by atoms with Crippen LogP contribution in [0.1, 0.15) is 11.3 Å². The molecule has 0 unspecified atom stereocenters. The number of pyridine rings is 1. The number of nitrogens with zero attached hydrogens (tertiary/aromatic N) is 1. The largest absolute Gasteiger partial charge is 0.486 e. The Morgan fingerprint density at radius 3 is 2.80 bits per heavy atom. The first-order valence-corrected chi connectivity index (χ1v) is 6.24. The van der Waals surface area contributed by atoms with Gasteiger partial charge in [-0.2, -0.15) is 0 Å². The molecule has 2 aromatic rings. The lowest BCUT2D eigenvalue weighted by Gasteiger charge is -2.08. The summed E-state index contributed by atoms with van der Waals surface area (Å²) < 4.78 is 10.8. The van der Waals surface area contributed by atoms with E-state index in [9.17, 15) is 0 Å². The smallest absolute Gasteiger partial charge is 0.213 e. The van der Waals surface area contributed by atoms with Crippen LogP contribution in [0.3, 0.4) is 0 Å². The van der Waals surface area contributed by atoms with Gasteiger partial charge in [-0.3, -0.25) is 0 Å². The van der Waals surface area contributed by atoms with E-state index in [0.717, 1.165) is 17.0 Å². The molecule has 0 radical (unpaired) electrons. The first-order chi connectivity index (χ1) is 9.83. The van der Waals surface area contributed by atoms with E-state index in [1.165, 1.54) is 0 Å². The molecule has 0 atom stereocenters. The quantitative estimate of drug-likeness (QED) is 0.861. The fraction of sp³-hybridized carbons (Fsp3) is 0.188. The molecule has 0 aliphatic heterocycles. The summed E-state index contributed by atoms with van der Waals surface area (Å²) in [6, 6.07) is 13.2. The van der Waals surface area contributed by atoms with Gasteiger partial charge in [-0.05, 0) is 18.2 Å². The highest BCUT2D eigenvalue weighted by Gasteiger charge is 2.02. The molecule has 0 saturated heterocycles. The molecule has 2 rings (SSSR count). The Balaban J connectivity index is 2.10. The highest BCUT2D eigenvalue weighted by atomic mass is 16.5. The van der Waals surface area contributed by atoms with Crippen LogP contribution in [0, 0.1) is 11.8 Å². The normalized spacial score (nSPS) is 9.50. The Morgan fingerprint density at radius 2 is 2.00 bits per heavy atom. The van der Waals surface area contributed by atoms with Crippen molar-refractivity contribution in [2.45, 2.75) is 6.61 Å². The Bertz CT molecular complexity index is 630. The van der Waals surface area contributed by atoms with Gasteiger partial charge >= 0.3 is 0 Å². The lowest BCUT2D eigenvalue weighted by atomic mass is 10.2. The molecule has 0 fully saturated rings. The van der Waals surface area contributed by atoms with Gasteiger partial charge in [0.25, 0.3) is 0 Å². The van der Waals surface area contributed by atoms with Crippen LogP contribution in [0.2, 0.25) is 0 Å².